The zero-order chi connectivity index (χ0) is 15.5. The van der Waals surface area contributed by atoms with Crippen LogP contribution in [0.3, 0.4) is 0 Å². The molecule has 2 aliphatic carbocycles. The quantitative estimate of drug-likeness (QED) is 0.226. The van der Waals surface area contributed by atoms with Gasteiger partial charge in [0.25, 0.3) is 0 Å². The van der Waals surface area contributed by atoms with Crippen LogP contribution in [-0.2, 0) is 0 Å². The van der Waals surface area contributed by atoms with E-state index in [9.17, 15) is 0 Å². The Morgan fingerprint density at radius 1 is 0.773 bits per heavy atom. The van der Waals surface area contributed by atoms with E-state index in [1.807, 2.05) is 0 Å². The highest BCUT2D eigenvalue weighted by molar-refractivity contribution is 5.15. The van der Waals surface area contributed by atoms with Crippen LogP contribution in [0.4, 0.5) is 0 Å². The van der Waals surface area contributed by atoms with Gasteiger partial charge in [0.2, 0.25) is 0 Å². The molecule has 2 aliphatic rings. The molecular formula is C22H40. The molecule has 0 N–H and O–H groups in total. The first-order chi connectivity index (χ1) is 10.8. The molecule has 0 heteroatoms. The third-order valence-electron chi connectivity index (χ3n) is 6.18. The summed E-state index contributed by atoms with van der Waals surface area (Å²) in [5, 5.41) is 0. The van der Waals surface area contributed by atoms with Gasteiger partial charge in [0.1, 0.15) is 0 Å². The van der Waals surface area contributed by atoms with Crippen LogP contribution in [0.25, 0.3) is 0 Å². The third-order valence-corrected chi connectivity index (χ3v) is 6.18. The maximum atomic E-state index is 2.57. The zero-order valence-electron chi connectivity index (χ0n) is 15.3. The number of hydrogen-bond donors (Lipinski definition) is 0. The monoisotopic (exact) mass is 304 g/mol. The van der Waals surface area contributed by atoms with Crippen molar-refractivity contribution in [3.63, 3.8) is 0 Å². The second-order valence-corrected chi connectivity index (χ2v) is 8.22. The van der Waals surface area contributed by atoms with Crippen LogP contribution in [0.5, 0.6) is 0 Å². The Bertz CT molecular complexity index is 303. The summed E-state index contributed by atoms with van der Waals surface area (Å²) >= 11 is 0. The first-order valence-electron chi connectivity index (χ1n) is 10.5. The van der Waals surface area contributed by atoms with E-state index in [2.05, 4.69) is 19.1 Å². The van der Waals surface area contributed by atoms with Gasteiger partial charge in [0.15, 0.2) is 0 Å². The third kappa shape index (κ3) is 6.47. The predicted octanol–water partition coefficient (Wildman–Crippen LogP) is 7.82. The fraction of sp³-hybridized carbons (Fsp3) is 0.909. The summed E-state index contributed by atoms with van der Waals surface area (Å²) in [7, 11) is 0. The molecule has 0 amide bonds. The minimum Gasteiger partial charge on any atom is -0.0848 e. The summed E-state index contributed by atoms with van der Waals surface area (Å²) in [6.45, 7) is 2.30. The van der Waals surface area contributed by atoms with E-state index in [0.717, 1.165) is 5.92 Å². The van der Waals surface area contributed by atoms with E-state index in [1.54, 1.807) is 0 Å². The molecule has 22 heavy (non-hydrogen) atoms. The molecule has 0 saturated heterocycles. The van der Waals surface area contributed by atoms with Crippen molar-refractivity contribution in [2.45, 2.75) is 116 Å². The van der Waals surface area contributed by atoms with Gasteiger partial charge in [-0.2, -0.15) is 0 Å². The molecule has 0 radical (unpaired) electrons. The predicted molar refractivity (Wildman–Crippen MR) is 99.2 cm³/mol. The maximum absolute atomic E-state index is 2.57. The van der Waals surface area contributed by atoms with Crippen molar-refractivity contribution in [3.05, 3.63) is 12.2 Å². The van der Waals surface area contributed by atoms with Crippen LogP contribution < -0.4 is 0 Å². The van der Waals surface area contributed by atoms with Crippen molar-refractivity contribution in [1.29, 1.82) is 0 Å². The van der Waals surface area contributed by atoms with E-state index in [1.165, 1.54) is 109 Å². The first-order valence-corrected chi connectivity index (χ1v) is 10.5. The summed E-state index contributed by atoms with van der Waals surface area (Å²) in [5.74, 6) is 0.960. The number of unbranched alkanes of at least 4 members (excludes halogenated alkanes) is 12. The normalized spacial score (nSPS) is 26.1. The lowest BCUT2D eigenvalue weighted by molar-refractivity contribution is 0.350. The van der Waals surface area contributed by atoms with Crippen LogP contribution in [0.1, 0.15) is 116 Å². The van der Waals surface area contributed by atoms with Crippen LogP contribution in [-0.4, -0.2) is 0 Å². The van der Waals surface area contributed by atoms with Crippen molar-refractivity contribution in [3.8, 4) is 0 Å². The molecule has 2 unspecified atom stereocenters. The number of hydrogen-bond acceptors (Lipinski definition) is 0. The van der Waals surface area contributed by atoms with E-state index in [-0.39, 0.29) is 0 Å². The van der Waals surface area contributed by atoms with E-state index in [0.29, 0.717) is 5.41 Å². The van der Waals surface area contributed by atoms with Gasteiger partial charge < -0.3 is 0 Å². The molecule has 2 rings (SSSR count). The van der Waals surface area contributed by atoms with Gasteiger partial charge in [-0.15, -0.1) is 0 Å². The smallest absolute Gasteiger partial charge is 0.0112 e. The van der Waals surface area contributed by atoms with Crippen molar-refractivity contribution in [2.24, 2.45) is 11.3 Å². The average Bonchev–Trinajstić information content (AvgIpc) is 3.13. The minimum absolute atomic E-state index is 0.669. The topological polar surface area (TPSA) is 0 Å². The van der Waals surface area contributed by atoms with Gasteiger partial charge in [-0.3, -0.25) is 0 Å². The van der Waals surface area contributed by atoms with E-state index >= 15 is 0 Å². The first kappa shape index (κ1) is 18.1. The Morgan fingerprint density at radius 2 is 1.32 bits per heavy atom. The number of rotatable bonds is 14. The lowest BCUT2D eigenvalue weighted by Gasteiger charge is -2.23. The summed E-state index contributed by atoms with van der Waals surface area (Å²) in [4.78, 5) is 0. The molecule has 0 aliphatic heterocycles. The Kier molecular flexibility index (Phi) is 8.63. The van der Waals surface area contributed by atoms with Crippen LogP contribution in [0, 0.1) is 11.3 Å². The second-order valence-electron chi connectivity index (χ2n) is 8.22. The highest BCUT2D eigenvalue weighted by atomic mass is 14.4. The van der Waals surface area contributed by atoms with Crippen LogP contribution in [0.15, 0.2) is 12.2 Å². The summed E-state index contributed by atoms with van der Waals surface area (Å²) in [6.07, 6.45) is 30.2. The Balaban J connectivity index is 1.30. The highest BCUT2D eigenvalue weighted by Crippen LogP contribution is 2.51. The minimum atomic E-state index is 0.669. The molecular weight excluding hydrogens is 264 g/mol. The molecule has 2 atom stereocenters. The van der Waals surface area contributed by atoms with Gasteiger partial charge >= 0.3 is 0 Å². The molecule has 0 nitrogen and oxygen atoms in total. The molecule has 0 heterocycles. The molecule has 1 saturated carbocycles. The van der Waals surface area contributed by atoms with E-state index < -0.39 is 0 Å². The number of fused-ring (bicyclic) bond motifs is 2. The van der Waals surface area contributed by atoms with Gasteiger partial charge in [-0.05, 0) is 37.0 Å². The zero-order valence-corrected chi connectivity index (χ0v) is 15.3. The van der Waals surface area contributed by atoms with Crippen molar-refractivity contribution in [2.75, 3.05) is 0 Å². The van der Waals surface area contributed by atoms with Gasteiger partial charge in [-0.25, -0.2) is 0 Å². The van der Waals surface area contributed by atoms with Crippen LogP contribution in [0.2, 0.25) is 0 Å². The molecule has 1 fully saturated rings. The summed E-state index contributed by atoms with van der Waals surface area (Å²) in [5.41, 5.74) is 0.669. The second kappa shape index (κ2) is 10.5. The fourth-order valence-electron chi connectivity index (χ4n) is 4.66. The van der Waals surface area contributed by atoms with Crippen molar-refractivity contribution >= 4 is 0 Å². The van der Waals surface area contributed by atoms with Gasteiger partial charge in [0.05, 0.1) is 0 Å². The molecule has 128 valence electrons. The molecule has 0 aromatic carbocycles. The largest absolute Gasteiger partial charge is 0.0848 e. The van der Waals surface area contributed by atoms with Gasteiger partial charge in [0, 0.05) is 0 Å². The standard InChI is InChI=1S/C22H40/c1-2-3-4-5-6-7-8-9-10-11-12-13-14-17-22-18-15-21(20-22)16-19-22/h15,18,21H,2-14,16-17,19-20H2,1H3. The highest BCUT2D eigenvalue weighted by Gasteiger charge is 2.39. The molecule has 0 aromatic rings. The Labute approximate surface area is 140 Å². The maximum Gasteiger partial charge on any atom is -0.0112 e. The van der Waals surface area contributed by atoms with Crippen molar-refractivity contribution in [1.82, 2.24) is 0 Å². The van der Waals surface area contributed by atoms with Crippen LogP contribution >= 0.6 is 0 Å². The molecule has 0 aromatic heterocycles. The summed E-state index contributed by atoms with van der Waals surface area (Å²) < 4.78 is 0. The molecule has 0 spiro atoms. The van der Waals surface area contributed by atoms with Gasteiger partial charge in [-0.1, -0.05) is 103 Å². The lowest BCUT2D eigenvalue weighted by Crippen LogP contribution is -2.10. The molecule has 2 bridgehead atoms. The number of allylic oxidation sites excluding steroid dienone is 2. The fourth-order valence-corrected chi connectivity index (χ4v) is 4.66. The van der Waals surface area contributed by atoms with Crippen molar-refractivity contribution < 1.29 is 0 Å². The SMILES string of the molecule is CCCCCCCCCCCCCCCC12C=CC(CC1)C2. The van der Waals surface area contributed by atoms with E-state index in [4.69, 9.17) is 0 Å². The average molecular weight is 305 g/mol. The lowest BCUT2D eigenvalue weighted by atomic mass is 9.82. The summed E-state index contributed by atoms with van der Waals surface area (Å²) in [6, 6.07) is 0. The Hall–Kier alpha value is -0.260. The Morgan fingerprint density at radius 3 is 1.73 bits per heavy atom.